The van der Waals surface area contributed by atoms with Crippen molar-refractivity contribution in [2.45, 2.75) is 6.42 Å². The molecule has 1 N–H and O–H groups in total. The molecule has 3 heterocycles. The van der Waals surface area contributed by atoms with E-state index in [0.29, 0.717) is 27.5 Å². The van der Waals surface area contributed by atoms with Gasteiger partial charge in [-0.05, 0) is 29.6 Å². The number of hydrogen-bond donors (Lipinski definition) is 1. The quantitative estimate of drug-likeness (QED) is 0.354. The predicted molar refractivity (Wildman–Crippen MR) is 117 cm³/mol. The second-order valence-electron chi connectivity index (χ2n) is 6.39. The lowest BCUT2D eigenvalue weighted by Crippen LogP contribution is -2.16. The van der Waals surface area contributed by atoms with Crippen molar-refractivity contribution in [3.05, 3.63) is 70.7 Å². The standard InChI is InChI=1S/C21H16N4O3S2/c1-2-3-12-30(27,28)24-16-7-4-6-15(13-16)18-9-10-22-21-17(14-23-25(18)21)20(26)19-8-5-11-29-19/h1,4-11,13-14,24H,3,12H2. The van der Waals surface area contributed by atoms with Gasteiger partial charge in [0.05, 0.1) is 28.1 Å². The zero-order chi connectivity index (χ0) is 21.1. The van der Waals surface area contributed by atoms with E-state index in [1.54, 1.807) is 41.0 Å². The summed E-state index contributed by atoms with van der Waals surface area (Å²) < 4.78 is 28.4. The molecule has 0 aliphatic carbocycles. The summed E-state index contributed by atoms with van der Waals surface area (Å²) in [7, 11) is -3.54. The van der Waals surface area contributed by atoms with Crippen LogP contribution in [-0.2, 0) is 10.0 Å². The van der Waals surface area contributed by atoms with Gasteiger partial charge in [-0.3, -0.25) is 9.52 Å². The molecule has 0 amide bonds. The van der Waals surface area contributed by atoms with Crippen molar-refractivity contribution in [3.63, 3.8) is 0 Å². The molecule has 1 aromatic carbocycles. The molecular weight excluding hydrogens is 420 g/mol. The number of fused-ring (bicyclic) bond motifs is 1. The van der Waals surface area contributed by atoms with Crippen molar-refractivity contribution >= 4 is 38.5 Å². The van der Waals surface area contributed by atoms with E-state index in [0.717, 1.165) is 5.56 Å². The number of benzene rings is 1. The van der Waals surface area contributed by atoms with Crippen molar-refractivity contribution in [2.75, 3.05) is 10.5 Å². The Morgan fingerprint density at radius 1 is 1.23 bits per heavy atom. The van der Waals surface area contributed by atoms with Crippen LogP contribution < -0.4 is 4.72 Å². The minimum absolute atomic E-state index is 0.133. The smallest absolute Gasteiger partial charge is 0.233 e. The fraction of sp³-hybridized carbons (Fsp3) is 0.0952. The van der Waals surface area contributed by atoms with E-state index in [9.17, 15) is 13.2 Å². The molecule has 0 fully saturated rings. The van der Waals surface area contributed by atoms with Crippen LogP contribution in [0.2, 0.25) is 0 Å². The van der Waals surface area contributed by atoms with Crippen molar-refractivity contribution in [1.82, 2.24) is 14.6 Å². The molecule has 9 heteroatoms. The van der Waals surface area contributed by atoms with Crippen LogP contribution in [0.25, 0.3) is 16.9 Å². The number of carbonyl (C=O) groups is 1. The first-order valence-electron chi connectivity index (χ1n) is 8.94. The molecule has 0 aliphatic rings. The average molecular weight is 437 g/mol. The van der Waals surface area contributed by atoms with Gasteiger partial charge in [0.25, 0.3) is 0 Å². The number of carbonyl (C=O) groups excluding carboxylic acids is 1. The third-order valence-electron chi connectivity index (χ3n) is 4.34. The minimum Gasteiger partial charge on any atom is -0.287 e. The lowest BCUT2D eigenvalue weighted by atomic mass is 10.1. The van der Waals surface area contributed by atoms with E-state index in [2.05, 4.69) is 20.7 Å². The van der Waals surface area contributed by atoms with Crippen LogP contribution >= 0.6 is 11.3 Å². The van der Waals surface area contributed by atoms with Crippen molar-refractivity contribution in [2.24, 2.45) is 0 Å². The summed E-state index contributed by atoms with van der Waals surface area (Å²) in [5.74, 6) is 2.03. The summed E-state index contributed by atoms with van der Waals surface area (Å²) in [6.07, 6.45) is 8.39. The first kappa shape index (κ1) is 19.8. The number of sulfonamides is 1. The van der Waals surface area contributed by atoms with Crippen LogP contribution in [0.3, 0.4) is 0 Å². The van der Waals surface area contributed by atoms with Crippen molar-refractivity contribution in [3.8, 4) is 23.6 Å². The Kier molecular flexibility index (Phi) is 5.35. The number of aromatic nitrogens is 3. The number of nitrogens with one attached hydrogen (secondary N) is 1. The van der Waals surface area contributed by atoms with Gasteiger partial charge in [0.2, 0.25) is 15.8 Å². The molecule has 4 aromatic rings. The summed E-state index contributed by atoms with van der Waals surface area (Å²) in [5, 5.41) is 6.19. The maximum atomic E-state index is 12.8. The maximum Gasteiger partial charge on any atom is 0.233 e. The molecule has 0 unspecified atom stereocenters. The fourth-order valence-electron chi connectivity index (χ4n) is 2.98. The van der Waals surface area contributed by atoms with Crippen LogP contribution in [0.1, 0.15) is 21.7 Å². The molecule has 0 saturated heterocycles. The van der Waals surface area contributed by atoms with E-state index < -0.39 is 10.0 Å². The highest BCUT2D eigenvalue weighted by Crippen LogP contribution is 2.25. The average Bonchev–Trinajstić information content (AvgIpc) is 3.41. The molecule has 150 valence electrons. The molecule has 0 spiro atoms. The predicted octanol–water partition coefficient (Wildman–Crippen LogP) is 3.45. The Morgan fingerprint density at radius 2 is 2.10 bits per heavy atom. The topological polar surface area (TPSA) is 93.4 Å². The summed E-state index contributed by atoms with van der Waals surface area (Å²) in [5.41, 5.74) is 2.65. The number of ketones is 1. The van der Waals surface area contributed by atoms with Gasteiger partial charge < -0.3 is 0 Å². The number of hydrogen-bond acceptors (Lipinski definition) is 6. The molecule has 4 rings (SSSR count). The SMILES string of the molecule is C#CCCS(=O)(=O)Nc1cccc(-c2ccnc3c(C(=O)c4cccs4)cnn23)c1. The summed E-state index contributed by atoms with van der Waals surface area (Å²) in [6.45, 7) is 0. The number of rotatable bonds is 7. The highest BCUT2D eigenvalue weighted by Gasteiger charge is 2.18. The van der Waals surface area contributed by atoms with Crippen LogP contribution in [0.5, 0.6) is 0 Å². The highest BCUT2D eigenvalue weighted by atomic mass is 32.2. The zero-order valence-corrected chi connectivity index (χ0v) is 17.3. The van der Waals surface area contributed by atoms with Crippen LogP contribution in [-0.4, -0.2) is 34.6 Å². The van der Waals surface area contributed by atoms with Gasteiger partial charge in [-0.2, -0.15) is 5.10 Å². The first-order valence-corrected chi connectivity index (χ1v) is 11.5. The Balaban J connectivity index is 1.71. The molecule has 0 atom stereocenters. The molecule has 7 nitrogen and oxygen atoms in total. The van der Waals surface area contributed by atoms with Gasteiger partial charge in [-0.15, -0.1) is 23.7 Å². The molecule has 3 aromatic heterocycles. The van der Waals surface area contributed by atoms with Gasteiger partial charge >= 0.3 is 0 Å². The van der Waals surface area contributed by atoms with E-state index in [1.807, 2.05) is 17.5 Å². The van der Waals surface area contributed by atoms with Gasteiger partial charge in [-0.25, -0.2) is 17.9 Å². The Labute approximate surface area is 177 Å². The number of terminal acetylenes is 1. The van der Waals surface area contributed by atoms with Gasteiger partial charge in [0.1, 0.15) is 0 Å². The minimum atomic E-state index is -3.54. The highest BCUT2D eigenvalue weighted by molar-refractivity contribution is 7.92. The second kappa shape index (κ2) is 8.10. The normalized spacial score (nSPS) is 11.3. The third-order valence-corrected chi connectivity index (χ3v) is 6.49. The van der Waals surface area contributed by atoms with E-state index >= 15 is 0 Å². The van der Waals surface area contributed by atoms with E-state index in [1.165, 1.54) is 17.5 Å². The third kappa shape index (κ3) is 3.96. The molecule has 30 heavy (non-hydrogen) atoms. The summed E-state index contributed by atoms with van der Waals surface area (Å²) >= 11 is 1.36. The Hall–Kier alpha value is -3.48. The molecule has 0 radical (unpaired) electrons. The van der Waals surface area contributed by atoms with Crippen molar-refractivity contribution < 1.29 is 13.2 Å². The number of nitrogens with zero attached hydrogens (tertiary/aromatic N) is 3. The molecule has 0 saturated carbocycles. The fourth-order valence-corrected chi connectivity index (χ4v) is 4.63. The number of thiophene rings is 1. The van der Waals surface area contributed by atoms with E-state index in [-0.39, 0.29) is 18.0 Å². The Morgan fingerprint density at radius 3 is 2.87 bits per heavy atom. The van der Waals surface area contributed by atoms with Crippen LogP contribution in [0.4, 0.5) is 5.69 Å². The lowest BCUT2D eigenvalue weighted by Gasteiger charge is -2.10. The summed E-state index contributed by atoms with van der Waals surface area (Å²) in [6, 6.07) is 12.3. The zero-order valence-electron chi connectivity index (χ0n) is 15.6. The van der Waals surface area contributed by atoms with Crippen molar-refractivity contribution in [1.29, 1.82) is 0 Å². The van der Waals surface area contributed by atoms with Crippen LogP contribution in [0.15, 0.2) is 60.2 Å². The number of anilines is 1. The van der Waals surface area contributed by atoms with E-state index in [4.69, 9.17) is 6.42 Å². The van der Waals surface area contributed by atoms with Gasteiger partial charge in [-0.1, -0.05) is 18.2 Å². The largest absolute Gasteiger partial charge is 0.287 e. The molecule has 0 aliphatic heterocycles. The van der Waals surface area contributed by atoms with Crippen LogP contribution in [0, 0.1) is 12.3 Å². The second-order valence-corrected chi connectivity index (χ2v) is 9.18. The van der Waals surface area contributed by atoms with Gasteiger partial charge in [0.15, 0.2) is 5.65 Å². The maximum absolute atomic E-state index is 12.8. The van der Waals surface area contributed by atoms with Gasteiger partial charge in [0, 0.05) is 23.9 Å². The first-order chi connectivity index (χ1) is 14.5. The molecular formula is C21H16N4O3S2. The summed E-state index contributed by atoms with van der Waals surface area (Å²) in [4.78, 5) is 17.7. The lowest BCUT2D eigenvalue weighted by molar-refractivity contribution is 0.104. The monoisotopic (exact) mass is 436 g/mol. The molecule has 0 bridgehead atoms. The Bertz CT molecular complexity index is 1370.